The first-order valence-corrected chi connectivity index (χ1v) is 8.54. The van der Waals surface area contributed by atoms with Gasteiger partial charge in [-0.15, -0.1) is 23.5 Å². The molecule has 0 aromatic rings. The topological polar surface area (TPSA) is 37.4 Å². The number of carbonyl (C=O) groups excluding carboxylic acids is 2. The van der Waals surface area contributed by atoms with Gasteiger partial charge in [0.15, 0.2) is 5.78 Å². The lowest BCUT2D eigenvalue weighted by Gasteiger charge is -2.26. The van der Waals surface area contributed by atoms with Crippen molar-refractivity contribution in [3.63, 3.8) is 0 Å². The van der Waals surface area contributed by atoms with Crippen LogP contribution in [0.2, 0.25) is 0 Å². The summed E-state index contributed by atoms with van der Waals surface area (Å²) in [5.74, 6) is 2.26. The van der Waals surface area contributed by atoms with E-state index in [1.165, 1.54) is 0 Å². The van der Waals surface area contributed by atoms with Crippen LogP contribution in [0, 0.1) is 0 Å². The number of thioether (sulfide) groups is 2. The molecule has 1 unspecified atom stereocenters. The van der Waals surface area contributed by atoms with Crippen molar-refractivity contribution in [1.82, 2.24) is 4.90 Å². The molecule has 0 aromatic heterocycles. The first-order chi connectivity index (χ1) is 8.49. The van der Waals surface area contributed by atoms with E-state index in [1.54, 1.807) is 11.8 Å². The van der Waals surface area contributed by atoms with Crippen molar-refractivity contribution in [3.8, 4) is 0 Å². The van der Waals surface area contributed by atoms with Crippen LogP contribution in [0.15, 0.2) is 0 Å². The van der Waals surface area contributed by atoms with Gasteiger partial charge in [-0.25, -0.2) is 0 Å². The average Bonchev–Trinajstić information content (AvgIpc) is 2.69. The Hall–Kier alpha value is -0.160. The highest BCUT2D eigenvalue weighted by Gasteiger charge is 2.47. The van der Waals surface area contributed by atoms with Gasteiger partial charge in [-0.1, -0.05) is 20.8 Å². The molecule has 1 rings (SSSR count). The summed E-state index contributed by atoms with van der Waals surface area (Å²) in [4.78, 5) is 25.5. The van der Waals surface area contributed by atoms with Crippen LogP contribution < -0.4 is 0 Å². The zero-order chi connectivity index (χ0) is 13.8. The van der Waals surface area contributed by atoms with Crippen LogP contribution in [0.25, 0.3) is 0 Å². The Labute approximate surface area is 118 Å². The summed E-state index contributed by atoms with van der Waals surface area (Å²) in [5, 5.41) is 0. The number of nitrogens with zero attached hydrogens (tertiary/aromatic N) is 1. The minimum atomic E-state index is -0.203. The maximum absolute atomic E-state index is 12.0. The summed E-state index contributed by atoms with van der Waals surface area (Å²) in [6, 6.07) is -0.203. The van der Waals surface area contributed by atoms with Gasteiger partial charge in [0.25, 0.3) is 0 Å². The van der Waals surface area contributed by atoms with Crippen molar-refractivity contribution in [2.24, 2.45) is 0 Å². The van der Waals surface area contributed by atoms with Crippen LogP contribution in [0.4, 0.5) is 0 Å². The lowest BCUT2D eigenvalue weighted by atomic mass is 10.1. The normalized spacial score (nSPS) is 22.2. The van der Waals surface area contributed by atoms with E-state index >= 15 is 0 Å². The molecule has 1 aliphatic heterocycles. The number of Topliss-reactive ketones (excluding diaryl/α,β-unsaturated/α-hetero) is 1. The van der Waals surface area contributed by atoms with Gasteiger partial charge in [-0.05, 0) is 11.5 Å². The van der Waals surface area contributed by atoms with Gasteiger partial charge in [-0.3, -0.25) is 9.59 Å². The molecule has 0 bridgehead atoms. The SMILES string of the molecule is CCSC1(SCC)CC(C(=O)CC)N(C(C)=O)C1. The first-order valence-electron chi connectivity index (χ1n) is 6.57. The van der Waals surface area contributed by atoms with Crippen LogP contribution in [0.3, 0.4) is 0 Å². The predicted octanol–water partition coefficient (Wildman–Crippen LogP) is 2.79. The molecule has 1 aliphatic rings. The third-order valence-electron chi connectivity index (χ3n) is 3.23. The molecule has 0 spiro atoms. The molecule has 0 aromatic carbocycles. The third kappa shape index (κ3) is 3.44. The fraction of sp³-hybridized carbons (Fsp3) is 0.846. The Balaban J connectivity index is 2.92. The summed E-state index contributed by atoms with van der Waals surface area (Å²) in [5.41, 5.74) is 0. The molecule has 1 saturated heterocycles. The zero-order valence-corrected chi connectivity index (χ0v) is 13.3. The number of carbonyl (C=O) groups is 2. The van der Waals surface area contributed by atoms with E-state index in [2.05, 4.69) is 13.8 Å². The minimum Gasteiger partial charge on any atom is -0.331 e. The number of ketones is 1. The highest BCUT2D eigenvalue weighted by Crippen LogP contribution is 2.47. The largest absolute Gasteiger partial charge is 0.331 e. The molecule has 1 fully saturated rings. The number of hydrogen-bond donors (Lipinski definition) is 0. The van der Waals surface area contributed by atoms with Gasteiger partial charge in [0, 0.05) is 26.3 Å². The Bertz CT molecular complexity index is 314. The molecule has 0 saturated carbocycles. The Morgan fingerprint density at radius 2 is 1.78 bits per heavy atom. The van der Waals surface area contributed by atoms with Crippen LogP contribution in [0.1, 0.15) is 40.5 Å². The van der Waals surface area contributed by atoms with Crippen molar-refractivity contribution in [2.75, 3.05) is 18.1 Å². The minimum absolute atomic E-state index is 0.0185. The predicted molar refractivity (Wildman–Crippen MR) is 80.1 cm³/mol. The molecular formula is C13H23NO2S2. The Morgan fingerprint density at radius 1 is 1.22 bits per heavy atom. The van der Waals surface area contributed by atoms with Crippen molar-refractivity contribution >= 4 is 35.2 Å². The van der Waals surface area contributed by atoms with Gasteiger partial charge < -0.3 is 4.90 Å². The molecule has 5 heteroatoms. The van der Waals surface area contributed by atoms with Gasteiger partial charge in [0.2, 0.25) is 5.91 Å². The summed E-state index contributed by atoms with van der Waals surface area (Å²) in [6.07, 6.45) is 1.31. The molecule has 1 amide bonds. The summed E-state index contributed by atoms with van der Waals surface area (Å²) < 4.78 is 0.0185. The highest BCUT2D eigenvalue weighted by atomic mass is 32.2. The Morgan fingerprint density at radius 3 is 2.17 bits per heavy atom. The summed E-state index contributed by atoms with van der Waals surface area (Å²) >= 11 is 3.76. The monoisotopic (exact) mass is 289 g/mol. The number of likely N-dealkylation sites (tertiary alicyclic amines) is 1. The number of rotatable bonds is 6. The van der Waals surface area contributed by atoms with Crippen molar-refractivity contribution in [3.05, 3.63) is 0 Å². The van der Waals surface area contributed by atoms with Gasteiger partial charge in [0.05, 0.1) is 10.1 Å². The second kappa shape index (κ2) is 6.85. The number of amides is 1. The zero-order valence-electron chi connectivity index (χ0n) is 11.7. The first kappa shape index (κ1) is 15.9. The molecule has 0 aliphatic carbocycles. The lowest BCUT2D eigenvalue weighted by Crippen LogP contribution is -2.39. The second-order valence-corrected chi connectivity index (χ2v) is 8.02. The number of hydrogen-bond acceptors (Lipinski definition) is 4. The molecule has 3 nitrogen and oxygen atoms in total. The summed E-state index contributed by atoms with van der Waals surface area (Å²) in [7, 11) is 0. The highest BCUT2D eigenvalue weighted by molar-refractivity contribution is 8.18. The third-order valence-corrected chi connectivity index (χ3v) is 6.16. The van der Waals surface area contributed by atoms with Crippen LogP contribution in [-0.4, -0.2) is 44.8 Å². The van der Waals surface area contributed by atoms with E-state index in [9.17, 15) is 9.59 Å². The average molecular weight is 289 g/mol. The molecule has 18 heavy (non-hydrogen) atoms. The molecule has 0 N–H and O–H groups in total. The molecular weight excluding hydrogens is 266 g/mol. The van der Waals surface area contributed by atoms with Crippen molar-refractivity contribution < 1.29 is 9.59 Å². The molecule has 1 heterocycles. The maximum Gasteiger partial charge on any atom is 0.220 e. The van der Waals surface area contributed by atoms with E-state index in [1.807, 2.05) is 30.4 Å². The van der Waals surface area contributed by atoms with Crippen LogP contribution in [0.5, 0.6) is 0 Å². The van der Waals surface area contributed by atoms with Crippen LogP contribution >= 0.6 is 23.5 Å². The molecule has 104 valence electrons. The van der Waals surface area contributed by atoms with E-state index < -0.39 is 0 Å². The quantitative estimate of drug-likeness (QED) is 0.705. The Kier molecular flexibility index (Phi) is 6.05. The van der Waals surface area contributed by atoms with Crippen molar-refractivity contribution in [1.29, 1.82) is 0 Å². The van der Waals surface area contributed by atoms with E-state index in [0.29, 0.717) is 13.0 Å². The standard InChI is InChI=1S/C13H23NO2S2/c1-5-12(16)11-8-13(17-6-2,18-7-3)9-14(11)10(4)15/h11H,5-9H2,1-4H3. The fourth-order valence-electron chi connectivity index (χ4n) is 2.47. The molecule has 1 atom stereocenters. The van der Waals surface area contributed by atoms with Gasteiger partial charge in [-0.2, -0.15) is 0 Å². The van der Waals surface area contributed by atoms with Gasteiger partial charge in [0.1, 0.15) is 0 Å². The smallest absolute Gasteiger partial charge is 0.220 e. The van der Waals surface area contributed by atoms with E-state index in [4.69, 9.17) is 0 Å². The van der Waals surface area contributed by atoms with Gasteiger partial charge >= 0.3 is 0 Å². The summed E-state index contributed by atoms with van der Waals surface area (Å²) in [6.45, 7) is 8.42. The fourth-order valence-corrected chi connectivity index (χ4v) is 5.57. The second-order valence-electron chi connectivity index (χ2n) is 4.46. The van der Waals surface area contributed by atoms with Crippen LogP contribution in [-0.2, 0) is 9.59 Å². The van der Waals surface area contributed by atoms with E-state index in [-0.39, 0.29) is 21.8 Å². The lowest BCUT2D eigenvalue weighted by molar-refractivity contribution is -0.135. The van der Waals surface area contributed by atoms with Crippen molar-refractivity contribution in [2.45, 2.75) is 50.7 Å². The maximum atomic E-state index is 12.0. The van der Waals surface area contributed by atoms with E-state index in [0.717, 1.165) is 17.9 Å². The molecule has 0 radical (unpaired) electrons.